The van der Waals surface area contributed by atoms with Crippen LogP contribution in [0.25, 0.3) is 10.2 Å². The van der Waals surface area contributed by atoms with Crippen molar-refractivity contribution in [2.24, 2.45) is 0 Å². The molecule has 1 unspecified atom stereocenters. The molecule has 0 radical (unpaired) electrons. The molecule has 0 fully saturated rings. The van der Waals surface area contributed by atoms with Crippen LogP contribution in [0.15, 0.2) is 48.2 Å². The molecule has 0 bridgehead atoms. The van der Waals surface area contributed by atoms with E-state index in [2.05, 4.69) is 9.97 Å². The minimum atomic E-state index is -0.534. The first-order valence-electron chi connectivity index (χ1n) is 5.73. The van der Waals surface area contributed by atoms with Gasteiger partial charge in [-0.1, -0.05) is 6.07 Å². The summed E-state index contributed by atoms with van der Waals surface area (Å²) in [4.78, 5) is 8.39. The lowest BCUT2D eigenvalue weighted by Gasteiger charge is -2.10. The number of aliphatic hydroxyl groups is 1. The van der Waals surface area contributed by atoms with Gasteiger partial charge in [0.15, 0.2) is 0 Å². The van der Waals surface area contributed by atoms with Crippen LogP contribution in [0, 0.1) is 0 Å². The van der Waals surface area contributed by atoms with E-state index in [9.17, 15) is 5.11 Å². The maximum Gasteiger partial charge on any atom is 0.0846 e. The van der Waals surface area contributed by atoms with Crippen LogP contribution in [0.4, 0.5) is 0 Å². The predicted molar refractivity (Wildman–Crippen MR) is 72.5 cm³/mol. The highest BCUT2D eigenvalue weighted by Gasteiger charge is 2.10. The molecule has 0 saturated heterocycles. The fourth-order valence-electron chi connectivity index (χ4n) is 1.90. The number of aromatic nitrogens is 2. The summed E-state index contributed by atoms with van der Waals surface area (Å²) in [6.45, 7) is 0. The Kier molecular flexibility index (Phi) is 3.04. The van der Waals surface area contributed by atoms with Gasteiger partial charge in [0.1, 0.15) is 0 Å². The van der Waals surface area contributed by atoms with Gasteiger partial charge in [0.2, 0.25) is 0 Å². The van der Waals surface area contributed by atoms with Crippen molar-refractivity contribution in [2.45, 2.75) is 12.5 Å². The Morgan fingerprint density at radius 1 is 1.28 bits per heavy atom. The lowest BCUT2D eigenvalue weighted by molar-refractivity contribution is 0.178. The average molecular weight is 256 g/mol. The number of aliphatic hydroxyl groups excluding tert-OH is 1. The molecule has 0 aliphatic carbocycles. The van der Waals surface area contributed by atoms with Crippen molar-refractivity contribution in [3.8, 4) is 0 Å². The second-order valence-corrected chi connectivity index (χ2v) is 5.10. The maximum absolute atomic E-state index is 10.2. The third-order valence-electron chi connectivity index (χ3n) is 2.86. The van der Waals surface area contributed by atoms with E-state index in [1.165, 1.54) is 0 Å². The van der Waals surface area contributed by atoms with Gasteiger partial charge < -0.3 is 5.11 Å². The zero-order chi connectivity index (χ0) is 12.4. The van der Waals surface area contributed by atoms with Crippen molar-refractivity contribution in [3.63, 3.8) is 0 Å². The Morgan fingerprint density at radius 3 is 3.06 bits per heavy atom. The van der Waals surface area contributed by atoms with Crippen molar-refractivity contribution in [1.29, 1.82) is 0 Å². The number of hydrogen-bond acceptors (Lipinski definition) is 4. The van der Waals surface area contributed by atoms with Gasteiger partial charge in [0.25, 0.3) is 0 Å². The predicted octanol–water partition coefficient (Wildman–Crippen LogP) is 2.97. The standard InChI is InChI=1S/C14H12N2OS/c17-13(6-10-2-1-4-15-8-10)11-7-14-12(16-9-11)3-5-18-14/h1-5,7-9,13,17H,6H2. The molecule has 1 N–H and O–H groups in total. The van der Waals surface area contributed by atoms with Gasteiger partial charge >= 0.3 is 0 Å². The van der Waals surface area contributed by atoms with E-state index in [-0.39, 0.29) is 0 Å². The number of thiophene rings is 1. The van der Waals surface area contributed by atoms with Crippen LogP contribution in [0.5, 0.6) is 0 Å². The zero-order valence-electron chi connectivity index (χ0n) is 9.65. The lowest BCUT2D eigenvalue weighted by atomic mass is 10.0. The number of fused-ring (bicyclic) bond motifs is 1. The average Bonchev–Trinajstić information content (AvgIpc) is 2.87. The molecule has 0 saturated carbocycles. The van der Waals surface area contributed by atoms with Crippen LogP contribution in [-0.2, 0) is 6.42 Å². The van der Waals surface area contributed by atoms with E-state index < -0.39 is 6.10 Å². The van der Waals surface area contributed by atoms with Crippen molar-refractivity contribution in [1.82, 2.24) is 9.97 Å². The molecule has 0 aliphatic rings. The van der Waals surface area contributed by atoms with Crippen molar-refractivity contribution in [2.75, 3.05) is 0 Å². The van der Waals surface area contributed by atoms with Gasteiger partial charge in [-0.2, -0.15) is 0 Å². The molecule has 18 heavy (non-hydrogen) atoms. The summed E-state index contributed by atoms with van der Waals surface area (Å²) >= 11 is 1.64. The molecule has 0 aliphatic heterocycles. The van der Waals surface area contributed by atoms with E-state index in [0.29, 0.717) is 6.42 Å². The summed E-state index contributed by atoms with van der Waals surface area (Å²) < 4.78 is 1.11. The van der Waals surface area contributed by atoms with Gasteiger partial charge in [-0.3, -0.25) is 9.97 Å². The van der Waals surface area contributed by atoms with Crippen LogP contribution in [0.2, 0.25) is 0 Å². The van der Waals surface area contributed by atoms with Crippen molar-refractivity contribution in [3.05, 3.63) is 59.4 Å². The molecule has 3 aromatic rings. The third kappa shape index (κ3) is 2.25. The summed E-state index contributed by atoms with van der Waals surface area (Å²) in [5, 5.41) is 12.2. The maximum atomic E-state index is 10.2. The minimum Gasteiger partial charge on any atom is -0.388 e. The Bertz CT molecular complexity index is 651. The van der Waals surface area contributed by atoms with E-state index in [0.717, 1.165) is 21.3 Å². The Labute approximate surface area is 109 Å². The first-order valence-corrected chi connectivity index (χ1v) is 6.61. The number of pyridine rings is 2. The fourth-order valence-corrected chi connectivity index (χ4v) is 2.69. The highest BCUT2D eigenvalue weighted by atomic mass is 32.1. The largest absolute Gasteiger partial charge is 0.388 e. The Morgan fingerprint density at radius 2 is 2.22 bits per heavy atom. The van der Waals surface area contributed by atoms with Gasteiger partial charge in [0.05, 0.1) is 16.3 Å². The molecule has 0 spiro atoms. The van der Waals surface area contributed by atoms with E-state index >= 15 is 0 Å². The topological polar surface area (TPSA) is 46.0 Å². The molecule has 90 valence electrons. The SMILES string of the molecule is OC(Cc1cccnc1)c1cnc2ccsc2c1. The molecule has 4 heteroatoms. The monoisotopic (exact) mass is 256 g/mol. The number of rotatable bonds is 3. The van der Waals surface area contributed by atoms with Gasteiger partial charge in [0, 0.05) is 30.6 Å². The molecule has 0 amide bonds. The Hall–Kier alpha value is -1.78. The molecule has 3 nitrogen and oxygen atoms in total. The van der Waals surface area contributed by atoms with Crippen molar-refractivity contribution < 1.29 is 5.11 Å². The highest BCUT2D eigenvalue weighted by Crippen LogP contribution is 2.24. The van der Waals surface area contributed by atoms with E-state index in [1.54, 1.807) is 29.9 Å². The van der Waals surface area contributed by atoms with Crippen LogP contribution in [-0.4, -0.2) is 15.1 Å². The molecule has 3 rings (SSSR count). The Balaban J connectivity index is 1.85. The molecule has 3 aromatic heterocycles. The fraction of sp³-hybridized carbons (Fsp3) is 0.143. The third-order valence-corrected chi connectivity index (χ3v) is 3.71. The van der Waals surface area contributed by atoms with Gasteiger partial charge in [-0.25, -0.2) is 0 Å². The van der Waals surface area contributed by atoms with E-state index in [4.69, 9.17) is 0 Å². The second-order valence-electron chi connectivity index (χ2n) is 4.15. The van der Waals surface area contributed by atoms with Crippen LogP contribution < -0.4 is 0 Å². The summed E-state index contributed by atoms with van der Waals surface area (Å²) in [7, 11) is 0. The van der Waals surface area contributed by atoms with Crippen LogP contribution in [0.3, 0.4) is 0 Å². The molecule has 0 aromatic carbocycles. The molecular weight excluding hydrogens is 244 g/mol. The second kappa shape index (κ2) is 4.84. The normalized spacial score (nSPS) is 12.7. The lowest BCUT2D eigenvalue weighted by Crippen LogP contribution is -2.02. The first kappa shape index (κ1) is 11.3. The van der Waals surface area contributed by atoms with Crippen LogP contribution >= 0.6 is 11.3 Å². The smallest absolute Gasteiger partial charge is 0.0846 e. The summed E-state index contributed by atoms with van der Waals surface area (Å²) in [5.41, 5.74) is 2.86. The first-order chi connectivity index (χ1) is 8.83. The van der Waals surface area contributed by atoms with Crippen LogP contribution in [0.1, 0.15) is 17.2 Å². The summed E-state index contributed by atoms with van der Waals surface area (Å²) in [5.74, 6) is 0. The zero-order valence-corrected chi connectivity index (χ0v) is 10.5. The van der Waals surface area contributed by atoms with E-state index in [1.807, 2.05) is 29.6 Å². The van der Waals surface area contributed by atoms with Gasteiger partial charge in [-0.05, 0) is 29.1 Å². The highest BCUT2D eigenvalue weighted by molar-refractivity contribution is 7.17. The molecular formula is C14H12N2OS. The quantitative estimate of drug-likeness (QED) is 0.783. The number of hydrogen-bond donors (Lipinski definition) is 1. The molecule has 1 atom stereocenters. The summed E-state index contributed by atoms with van der Waals surface area (Å²) in [6.07, 6.45) is 5.28. The van der Waals surface area contributed by atoms with Crippen molar-refractivity contribution >= 4 is 21.6 Å². The minimum absolute atomic E-state index is 0.534. The number of nitrogens with zero attached hydrogens (tertiary/aromatic N) is 2. The van der Waals surface area contributed by atoms with Gasteiger partial charge in [-0.15, -0.1) is 11.3 Å². The summed E-state index contributed by atoms with van der Waals surface area (Å²) in [6, 6.07) is 7.83. The molecule has 3 heterocycles.